The quantitative estimate of drug-likeness (QED) is 0.693. The Morgan fingerprint density at radius 3 is 2.40 bits per heavy atom. The number of rotatable bonds is 1. The fourth-order valence-electron chi connectivity index (χ4n) is 4.51. The molecule has 1 aromatic heterocycles. The van der Waals surface area contributed by atoms with Crippen LogP contribution < -0.4 is 4.57 Å². The van der Waals surface area contributed by atoms with Crippen molar-refractivity contribution in [1.82, 2.24) is 0 Å². The number of pyridine rings is 1. The van der Waals surface area contributed by atoms with Crippen LogP contribution in [0, 0.1) is 23.7 Å². The van der Waals surface area contributed by atoms with Crippen LogP contribution in [0.4, 0.5) is 0 Å². The summed E-state index contributed by atoms with van der Waals surface area (Å²) in [6.45, 7) is 12.1. The second-order valence-corrected chi connectivity index (χ2v) is 7.14. The Morgan fingerprint density at radius 1 is 0.950 bits per heavy atom. The van der Waals surface area contributed by atoms with E-state index in [9.17, 15) is 0 Å². The molecule has 0 amide bonds. The Balaban J connectivity index is 1.94. The molecule has 0 spiro atoms. The molecule has 1 aliphatic heterocycles. The minimum absolute atomic E-state index is 0.446. The first-order chi connectivity index (χ1) is 9.50. The van der Waals surface area contributed by atoms with E-state index in [1.807, 2.05) is 0 Å². The average Bonchev–Trinajstić information content (AvgIpc) is 2.74. The lowest BCUT2D eigenvalue weighted by molar-refractivity contribution is -0.872. The van der Waals surface area contributed by atoms with E-state index in [1.165, 1.54) is 12.1 Å². The van der Waals surface area contributed by atoms with Crippen LogP contribution in [0.25, 0.3) is 0 Å². The highest BCUT2D eigenvalue weighted by Crippen LogP contribution is 2.40. The van der Waals surface area contributed by atoms with E-state index in [-0.39, 0.29) is 0 Å². The highest BCUT2D eigenvalue weighted by Gasteiger charge is 2.48. The Labute approximate surface area is 123 Å². The molecule has 1 aromatic rings. The van der Waals surface area contributed by atoms with Crippen molar-refractivity contribution in [2.45, 2.75) is 53.2 Å². The van der Waals surface area contributed by atoms with E-state index in [4.69, 9.17) is 0 Å². The highest BCUT2D eigenvalue weighted by molar-refractivity contribution is 5.71. The van der Waals surface area contributed by atoms with Crippen molar-refractivity contribution in [3.05, 3.63) is 30.1 Å². The Bertz CT molecular complexity index is 534. The van der Waals surface area contributed by atoms with Gasteiger partial charge in [-0.05, 0) is 24.3 Å². The zero-order valence-corrected chi connectivity index (χ0v) is 13.5. The van der Waals surface area contributed by atoms with Gasteiger partial charge < -0.3 is 0 Å². The molecule has 20 heavy (non-hydrogen) atoms. The van der Waals surface area contributed by atoms with Gasteiger partial charge in [-0.2, -0.15) is 4.58 Å². The Hall–Kier alpha value is -1.18. The summed E-state index contributed by atoms with van der Waals surface area (Å²) in [6, 6.07) is 7.16. The van der Waals surface area contributed by atoms with Gasteiger partial charge in [0.15, 0.2) is 12.2 Å². The lowest BCUT2D eigenvalue weighted by Crippen LogP contribution is -2.50. The number of nitrogens with zero attached hydrogens (tertiary/aromatic N) is 2. The molecular formula is C18H28N2+2. The maximum absolute atomic E-state index is 2.62. The summed E-state index contributed by atoms with van der Waals surface area (Å²) in [5.74, 6) is 3.18. The van der Waals surface area contributed by atoms with E-state index in [2.05, 4.69) is 74.4 Å². The second-order valence-electron chi connectivity index (χ2n) is 7.14. The molecule has 2 heterocycles. The third kappa shape index (κ3) is 2.01. The SMILES string of the molecule is CC1C[C@@H](C)C([N+]2=Cc3cccc[n+]3C2C)[C@H](C)C1C. The maximum atomic E-state index is 2.62. The van der Waals surface area contributed by atoms with Gasteiger partial charge in [0, 0.05) is 24.0 Å². The van der Waals surface area contributed by atoms with Crippen LogP contribution in [0.15, 0.2) is 24.4 Å². The first-order valence-electron chi connectivity index (χ1n) is 8.13. The van der Waals surface area contributed by atoms with Gasteiger partial charge in [-0.3, -0.25) is 0 Å². The van der Waals surface area contributed by atoms with Crippen LogP contribution in [-0.2, 0) is 0 Å². The van der Waals surface area contributed by atoms with Crippen LogP contribution >= 0.6 is 0 Å². The van der Waals surface area contributed by atoms with Crippen molar-refractivity contribution in [1.29, 1.82) is 0 Å². The molecule has 0 bridgehead atoms. The predicted octanol–water partition coefficient (Wildman–Crippen LogP) is 3.25. The molecule has 2 aliphatic rings. The van der Waals surface area contributed by atoms with Gasteiger partial charge in [0.25, 0.3) is 5.69 Å². The summed E-state index contributed by atoms with van der Waals surface area (Å²) in [6.07, 6.45) is 6.39. The van der Waals surface area contributed by atoms with Crippen molar-refractivity contribution in [2.24, 2.45) is 23.7 Å². The summed E-state index contributed by atoms with van der Waals surface area (Å²) >= 11 is 0. The predicted molar refractivity (Wildman–Crippen MR) is 81.8 cm³/mol. The highest BCUT2D eigenvalue weighted by atomic mass is 15.3. The van der Waals surface area contributed by atoms with Gasteiger partial charge in [0.2, 0.25) is 6.21 Å². The zero-order valence-electron chi connectivity index (χ0n) is 13.5. The van der Waals surface area contributed by atoms with Crippen molar-refractivity contribution in [2.75, 3.05) is 0 Å². The van der Waals surface area contributed by atoms with Gasteiger partial charge >= 0.3 is 6.17 Å². The molecule has 3 rings (SSSR count). The van der Waals surface area contributed by atoms with E-state index in [1.54, 1.807) is 0 Å². The Kier molecular flexibility index (Phi) is 3.43. The fourth-order valence-corrected chi connectivity index (χ4v) is 4.51. The first-order valence-corrected chi connectivity index (χ1v) is 8.13. The van der Waals surface area contributed by atoms with Gasteiger partial charge in [-0.15, -0.1) is 4.57 Å². The lowest BCUT2D eigenvalue weighted by Gasteiger charge is -2.39. The molecule has 0 radical (unpaired) electrons. The van der Waals surface area contributed by atoms with Crippen LogP contribution in [0.3, 0.4) is 0 Å². The molecule has 1 aliphatic carbocycles. The summed E-state index contributed by atoms with van der Waals surface area (Å²) in [7, 11) is 0. The van der Waals surface area contributed by atoms with Crippen molar-refractivity contribution in [3.63, 3.8) is 0 Å². The van der Waals surface area contributed by atoms with Gasteiger partial charge in [0.1, 0.15) is 0 Å². The molecule has 6 atom stereocenters. The van der Waals surface area contributed by atoms with Crippen molar-refractivity contribution < 1.29 is 9.14 Å². The zero-order chi connectivity index (χ0) is 14.4. The summed E-state index contributed by atoms with van der Waals surface area (Å²) < 4.78 is 5.01. The fraction of sp³-hybridized carbons (Fsp3) is 0.667. The standard InChI is InChI=1S/C18H28N2/c1-12-10-13(2)18(15(4)14(12)3)20-11-17-8-6-7-9-19(17)16(20)5/h6-9,11-16,18H,10H2,1-5H3/q+2/t12?,13-,14?,15-,16?,18?/m1/s1. The molecule has 2 nitrogen and oxygen atoms in total. The minimum Gasteiger partial charge on any atom is -0.166 e. The molecule has 0 saturated heterocycles. The smallest absolute Gasteiger partial charge is 0.166 e. The molecule has 2 heteroatoms. The topological polar surface area (TPSA) is 6.89 Å². The summed E-state index contributed by atoms with van der Waals surface area (Å²) in [4.78, 5) is 0. The molecule has 4 unspecified atom stereocenters. The van der Waals surface area contributed by atoms with Crippen LogP contribution in [-0.4, -0.2) is 16.8 Å². The largest absolute Gasteiger partial charge is 0.345 e. The van der Waals surface area contributed by atoms with Gasteiger partial charge in [-0.25, -0.2) is 0 Å². The van der Waals surface area contributed by atoms with Gasteiger partial charge in [0.05, 0.1) is 6.92 Å². The number of hydrogen-bond donors (Lipinski definition) is 0. The van der Waals surface area contributed by atoms with Gasteiger partial charge in [-0.1, -0.05) is 27.7 Å². The summed E-state index contributed by atoms with van der Waals surface area (Å²) in [5, 5.41) is 0. The first kappa shape index (κ1) is 13.8. The molecular weight excluding hydrogens is 244 g/mol. The van der Waals surface area contributed by atoms with E-state index in [0.29, 0.717) is 12.2 Å². The molecule has 0 N–H and O–H groups in total. The third-order valence-electron chi connectivity index (χ3n) is 5.97. The molecule has 0 aromatic carbocycles. The average molecular weight is 272 g/mol. The molecule has 108 valence electrons. The Morgan fingerprint density at radius 2 is 1.70 bits per heavy atom. The maximum Gasteiger partial charge on any atom is 0.345 e. The summed E-state index contributed by atoms with van der Waals surface area (Å²) in [5.41, 5.74) is 1.34. The van der Waals surface area contributed by atoms with Crippen molar-refractivity contribution >= 4 is 6.21 Å². The van der Waals surface area contributed by atoms with Crippen LogP contribution in [0.5, 0.6) is 0 Å². The van der Waals surface area contributed by atoms with E-state index >= 15 is 0 Å². The van der Waals surface area contributed by atoms with Crippen LogP contribution in [0.2, 0.25) is 0 Å². The van der Waals surface area contributed by atoms with E-state index < -0.39 is 0 Å². The monoisotopic (exact) mass is 272 g/mol. The number of hydrogen-bond acceptors (Lipinski definition) is 0. The minimum atomic E-state index is 0.446. The normalized spacial score (nSPS) is 40.4. The van der Waals surface area contributed by atoms with E-state index in [0.717, 1.165) is 23.7 Å². The third-order valence-corrected chi connectivity index (χ3v) is 5.97. The molecule has 1 saturated carbocycles. The lowest BCUT2D eigenvalue weighted by atomic mass is 9.67. The van der Waals surface area contributed by atoms with Crippen LogP contribution in [0.1, 0.15) is 52.9 Å². The second kappa shape index (κ2) is 4.98. The number of fused-ring (bicyclic) bond motifs is 1. The van der Waals surface area contributed by atoms with Crippen molar-refractivity contribution in [3.8, 4) is 0 Å². The number of aromatic nitrogens is 1. The molecule has 1 fully saturated rings.